The number of hydrogen-bond acceptors (Lipinski definition) is 4. The molecule has 0 atom stereocenters. The SMILES string of the molecule is Cc1ccc(-c2cnc3c(-c4cccc(CNN)c4)cnn3c2)cc1. The molecule has 2 heterocycles. The molecule has 0 fully saturated rings. The lowest BCUT2D eigenvalue weighted by Gasteiger charge is -2.05. The molecule has 4 aromatic rings. The molecule has 5 heteroatoms. The zero-order chi connectivity index (χ0) is 17.2. The van der Waals surface area contributed by atoms with Crippen molar-refractivity contribution < 1.29 is 0 Å². The molecule has 0 aliphatic carbocycles. The smallest absolute Gasteiger partial charge is 0.162 e. The molecule has 0 amide bonds. The van der Waals surface area contributed by atoms with Crippen LogP contribution in [0, 0.1) is 6.92 Å². The highest BCUT2D eigenvalue weighted by atomic mass is 15.2. The molecular weight excluding hydrogens is 310 g/mol. The largest absolute Gasteiger partial charge is 0.271 e. The van der Waals surface area contributed by atoms with Gasteiger partial charge in [0.25, 0.3) is 0 Å². The van der Waals surface area contributed by atoms with E-state index in [1.807, 2.05) is 35.2 Å². The van der Waals surface area contributed by atoms with Crippen LogP contribution >= 0.6 is 0 Å². The van der Waals surface area contributed by atoms with Gasteiger partial charge in [0.05, 0.1) is 6.20 Å². The van der Waals surface area contributed by atoms with E-state index < -0.39 is 0 Å². The van der Waals surface area contributed by atoms with E-state index in [0.717, 1.165) is 33.5 Å². The van der Waals surface area contributed by atoms with Gasteiger partial charge in [0.15, 0.2) is 5.65 Å². The first-order chi connectivity index (χ1) is 12.2. The van der Waals surface area contributed by atoms with Crippen molar-refractivity contribution in [2.45, 2.75) is 13.5 Å². The van der Waals surface area contributed by atoms with Crippen LogP contribution in [0.2, 0.25) is 0 Å². The zero-order valence-electron chi connectivity index (χ0n) is 14.0. The summed E-state index contributed by atoms with van der Waals surface area (Å²) in [5.74, 6) is 5.42. The van der Waals surface area contributed by atoms with Crippen LogP contribution in [0.3, 0.4) is 0 Å². The second kappa shape index (κ2) is 6.47. The number of hydrazine groups is 1. The number of aromatic nitrogens is 3. The van der Waals surface area contributed by atoms with Crippen LogP contribution in [0.1, 0.15) is 11.1 Å². The van der Waals surface area contributed by atoms with Crippen LogP contribution in [-0.2, 0) is 6.54 Å². The fraction of sp³-hybridized carbons (Fsp3) is 0.100. The lowest BCUT2D eigenvalue weighted by atomic mass is 10.1. The van der Waals surface area contributed by atoms with Gasteiger partial charge in [-0.05, 0) is 29.7 Å². The van der Waals surface area contributed by atoms with Gasteiger partial charge in [-0.1, -0.05) is 48.0 Å². The number of benzene rings is 2. The third-order valence-electron chi connectivity index (χ3n) is 4.29. The molecule has 0 spiro atoms. The van der Waals surface area contributed by atoms with E-state index in [9.17, 15) is 0 Å². The Labute approximate surface area is 146 Å². The summed E-state index contributed by atoms with van der Waals surface area (Å²) in [6, 6.07) is 16.6. The summed E-state index contributed by atoms with van der Waals surface area (Å²) >= 11 is 0. The number of rotatable bonds is 4. The Balaban J connectivity index is 1.75. The van der Waals surface area contributed by atoms with E-state index in [-0.39, 0.29) is 0 Å². The Kier molecular flexibility index (Phi) is 4.01. The fourth-order valence-electron chi connectivity index (χ4n) is 2.94. The van der Waals surface area contributed by atoms with Crippen LogP contribution in [0.15, 0.2) is 67.1 Å². The molecule has 2 aromatic carbocycles. The molecule has 25 heavy (non-hydrogen) atoms. The second-order valence-corrected chi connectivity index (χ2v) is 6.12. The van der Waals surface area contributed by atoms with Crippen LogP contribution in [0.25, 0.3) is 27.9 Å². The zero-order valence-corrected chi connectivity index (χ0v) is 14.0. The second-order valence-electron chi connectivity index (χ2n) is 6.12. The van der Waals surface area contributed by atoms with E-state index in [1.54, 1.807) is 0 Å². The number of nitrogens with one attached hydrogen (secondary N) is 1. The molecule has 5 nitrogen and oxygen atoms in total. The van der Waals surface area contributed by atoms with Gasteiger partial charge in [0.2, 0.25) is 0 Å². The Morgan fingerprint density at radius 2 is 1.84 bits per heavy atom. The van der Waals surface area contributed by atoms with Crippen molar-refractivity contribution in [3.63, 3.8) is 0 Å². The summed E-state index contributed by atoms with van der Waals surface area (Å²) in [4.78, 5) is 4.65. The summed E-state index contributed by atoms with van der Waals surface area (Å²) < 4.78 is 1.83. The van der Waals surface area contributed by atoms with Gasteiger partial charge in [-0.15, -0.1) is 0 Å². The van der Waals surface area contributed by atoms with Crippen LogP contribution in [0.4, 0.5) is 0 Å². The fourth-order valence-corrected chi connectivity index (χ4v) is 2.94. The molecule has 0 radical (unpaired) electrons. The predicted molar refractivity (Wildman–Crippen MR) is 99.6 cm³/mol. The molecule has 0 unspecified atom stereocenters. The molecule has 124 valence electrons. The number of fused-ring (bicyclic) bond motifs is 1. The van der Waals surface area contributed by atoms with Gasteiger partial charge < -0.3 is 0 Å². The molecule has 0 bridgehead atoms. The summed E-state index contributed by atoms with van der Waals surface area (Å²) in [7, 11) is 0. The van der Waals surface area contributed by atoms with Crippen LogP contribution in [-0.4, -0.2) is 14.6 Å². The van der Waals surface area contributed by atoms with E-state index >= 15 is 0 Å². The number of aryl methyl sites for hydroxylation is 1. The number of hydrogen-bond donors (Lipinski definition) is 2. The number of nitrogens with zero attached hydrogens (tertiary/aromatic N) is 3. The minimum absolute atomic E-state index is 0.623. The quantitative estimate of drug-likeness (QED) is 0.445. The molecule has 0 saturated heterocycles. The van der Waals surface area contributed by atoms with Crippen molar-refractivity contribution >= 4 is 5.65 Å². The highest BCUT2D eigenvalue weighted by molar-refractivity contribution is 5.78. The average Bonchev–Trinajstić information content (AvgIpc) is 3.06. The van der Waals surface area contributed by atoms with Gasteiger partial charge in [-0.3, -0.25) is 11.3 Å². The summed E-state index contributed by atoms with van der Waals surface area (Å²) in [5, 5.41) is 4.49. The molecule has 4 rings (SSSR count). The van der Waals surface area contributed by atoms with Crippen molar-refractivity contribution in [2.75, 3.05) is 0 Å². The first kappa shape index (κ1) is 15.5. The monoisotopic (exact) mass is 329 g/mol. The van der Waals surface area contributed by atoms with Crippen molar-refractivity contribution in [1.29, 1.82) is 0 Å². The van der Waals surface area contributed by atoms with E-state index in [0.29, 0.717) is 6.54 Å². The summed E-state index contributed by atoms with van der Waals surface area (Å²) in [6.07, 6.45) is 5.77. The lowest BCUT2D eigenvalue weighted by molar-refractivity contribution is 0.741. The maximum absolute atomic E-state index is 5.42. The minimum Gasteiger partial charge on any atom is -0.271 e. The Morgan fingerprint density at radius 3 is 2.64 bits per heavy atom. The first-order valence-corrected chi connectivity index (χ1v) is 8.18. The molecule has 0 aliphatic heterocycles. The van der Waals surface area contributed by atoms with Crippen LogP contribution in [0.5, 0.6) is 0 Å². The maximum atomic E-state index is 5.42. The molecule has 3 N–H and O–H groups in total. The van der Waals surface area contributed by atoms with Crippen molar-refractivity contribution in [3.05, 3.63) is 78.2 Å². The van der Waals surface area contributed by atoms with E-state index in [2.05, 4.69) is 58.8 Å². The van der Waals surface area contributed by atoms with Gasteiger partial charge in [-0.2, -0.15) is 5.10 Å². The maximum Gasteiger partial charge on any atom is 0.162 e. The topological polar surface area (TPSA) is 68.2 Å². The van der Waals surface area contributed by atoms with Gasteiger partial charge in [-0.25, -0.2) is 9.50 Å². The average molecular weight is 329 g/mol. The standard InChI is InChI=1S/C20H19N5/c1-14-5-7-16(8-6-14)18-11-22-20-19(12-24-25(20)13-18)17-4-2-3-15(9-17)10-23-21/h2-9,11-13,23H,10,21H2,1H3. The van der Waals surface area contributed by atoms with E-state index in [4.69, 9.17) is 5.84 Å². The minimum atomic E-state index is 0.623. The van der Waals surface area contributed by atoms with E-state index in [1.165, 1.54) is 5.56 Å². The van der Waals surface area contributed by atoms with Gasteiger partial charge >= 0.3 is 0 Å². The van der Waals surface area contributed by atoms with Crippen molar-refractivity contribution in [2.24, 2.45) is 5.84 Å². The normalized spacial score (nSPS) is 11.1. The Hall–Kier alpha value is -3.02. The van der Waals surface area contributed by atoms with Crippen LogP contribution < -0.4 is 11.3 Å². The third-order valence-corrected chi connectivity index (χ3v) is 4.29. The molecule has 0 saturated carbocycles. The summed E-state index contributed by atoms with van der Waals surface area (Å²) in [5.41, 5.74) is 10.2. The van der Waals surface area contributed by atoms with Crippen molar-refractivity contribution in [1.82, 2.24) is 20.0 Å². The molecular formula is C20H19N5. The highest BCUT2D eigenvalue weighted by Crippen LogP contribution is 2.26. The van der Waals surface area contributed by atoms with Crippen molar-refractivity contribution in [3.8, 4) is 22.3 Å². The lowest BCUT2D eigenvalue weighted by Crippen LogP contribution is -2.20. The molecule has 0 aliphatic rings. The first-order valence-electron chi connectivity index (χ1n) is 8.18. The predicted octanol–water partition coefficient (Wildman–Crippen LogP) is 3.34. The Bertz CT molecular complexity index is 1020. The molecule has 2 aromatic heterocycles. The number of nitrogens with two attached hydrogens (primary N) is 1. The summed E-state index contributed by atoms with van der Waals surface area (Å²) in [6.45, 7) is 2.71. The van der Waals surface area contributed by atoms with Gasteiger partial charge in [0.1, 0.15) is 0 Å². The van der Waals surface area contributed by atoms with Gasteiger partial charge in [0, 0.05) is 30.1 Å². The Morgan fingerprint density at radius 1 is 1.00 bits per heavy atom. The third kappa shape index (κ3) is 3.03. The highest BCUT2D eigenvalue weighted by Gasteiger charge is 2.10.